The van der Waals surface area contributed by atoms with Crippen molar-refractivity contribution >= 4 is 11.6 Å². The van der Waals surface area contributed by atoms with Gasteiger partial charge in [-0.3, -0.25) is 0 Å². The Labute approximate surface area is 114 Å². The molecule has 0 spiro atoms. The summed E-state index contributed by atoms with van der Waals surface area (Å²) in [5, 5.41) is 10.2. The summed E-state index contributed by atoms with van der Waals surface area (Å²) in [4.78, 5) is 8.56. The molecular weight excluding hydrogens is 238 g/mol. The Balaban J connectivity index is 1.47. The predicted octanol–water partition coefficient (Wildman–Crippen LogP) is 1.85. The third kappa shape index (κ3) is 3.56. The highest BCUT2D eigenvalue weighted by Gasteiger charge is 2.17. The molecule has 3 N–H and O–H groups in total. The summed E-state index contributed by atoms with van der Waals surface area (Å²) in [5.41, 5.74) is 0. The molecule has 2 fully saturated rings. The summed E-state index contributed by atoms with van der Waals surface area (Å²) in [6, 6.07) is 2.51. The maximum absolute atomic E-state index is 4.28. The van der Waals surface area contributed by atoms with Crippen LogP contribution in [-0.4, -0.2) is 35.6 Å². The quantitative estimate of drug-likeness (QED) is 0.729. The molecule has 5 heteroatoms. The van der Waals surface area contributed by atoms with Crippen molar-refractivity contribution in [1.29, 1.82) is 0 Å². The van der Waals surface area contributed by atoms with Crippen LogP contribution in [0.5, 0.6) is 0 Å². The molecule has 19 heavy (non-hydrogen) atoms. The van der Waals surface area contributed by atoms with E-state index in [0.717, 1.165) is 43.6 Å². The summed E-state index contributed by atoms with van der Waals surface area (Å²) in [5.74, 6) is 2.80. The fourth-order valence-electron chi connectivity index (χ4n) is 2.71. The summed E-state index contributed by atoms with van der Waals surface area (Å²) in [7, 11) is 0. The maximum atomic E-state index is 4.28. The molecule has 1 aromatic rings. The second-order valence-electron chi connectivity index (χ2n) is 5.63. The number of hydrogen-bond acceptors (Lipinski definition) is 5. The van der Waals surface area contributed by atoms with Gasteiger partial charge in [-0.1, -0.05) is 19.3 Å². The molecule has 2 aliphatic rings. The Hall–Kier alpha value is -1.36. The Morgan fingerprint density at radius 1 is 1.21 bits per heavy atom. The minimum Gasteiger partial charge on any atom is -0.370 e. The SMILES string of the molecule is c1nc(NCCC2CCC2)cc(NC2CCNC2)n1. The lowest BCUT2D eigenvalue weighted by Gasteiger charge is -2.25. The third-order valence-electron chi connectivity index (χ3n) is 4.16. The number of nitrogens with zero attached hydrogens (tertiary/aromatic N) is 2. The second-order valence-corrected chi connectivity index (χ2v) is 5.63. The molecule has 1 aliphatic heterocycles. The first-order chi connectivity index (χ1) is 9.40. The van der Waals surface area contributed by atoms with Gasteiger partial charge in [0.25, 0.3) is 0 Å². The molecule has 1 atom stereocenters. The summed E-state index contributed by atoms with van der Waals surface area (Å²) in [6.45, 7) is 3.13. The van der Waals surface area contributed by atoms with Gasteiger partial charge in [-0.2, -0.15) is 0 Å². The molecule has 104 valence electrons. The maximum Gasteiger partial charge on any atom is 0.131 e. The first-order valence-corrected chi connectivity index (χ1v) is 7.43. The van der Waals surface area contributed by atoms with Gasteiger partial charge in [0.2, 0.25) is 0 Å². The van der Waals surface area contributed by atoms with Crippen LogP contribution in [-0.2, 0) is 0 Å². The van der Waals surface area contributed by atoms with E-state index in [4.69, 9.17) is 0 Å². The largest absolute Gasteiger partial charge is 0.370 e. The van der Waals surface area contributed by atoms with Gasteiger partial charge in [0, 0.05) is 25.2 Å². The fourth-order valence-corrected chi connectivity index (χ4v) is 2.71. The van der Waals surface area contributed by atoms with E-state index in [0.29, 0.717) is 6.04 Å². The predicted molar refractivity (Wildman–Crippen MR) is 77.4 cm³/mol. The number of anilines is 2. The lowest BCUT2D eigenvalue weighted by Crippen LogP contribution is -2.22. The molecule has 0 radical (unpaired) electrons. The molecule has 1 aromatic heterocycles. The highest BCUT2D eigenvalue weighted by atomic mass is 15.1. The van der Waals surface area contributed by atoms with E-state index in [9.17, 15) is 0 Å². The lowest BCUT2D eigenvalue weighted by molar-refractivity contribution is 0.303. The van der Waals surface area contributed by atoms with Crippen molar-refractivity contribution in [2.45, 2.75) is 38.1 Å². The van der Waals surface area contributed by atoms with Crippen molar-refractivity contribution in [1.82, 2.24) is 15.3 Å². The van der Waals surface area contributed by atoms with Crippen LogP contribution in [0.25, 0.3) is 0 Å². The van der Waals surface area contributed by atoms with Crippen LogP contribution in [0.15, 0.2) is 12.4 Å². The molecule has 1 aliphatic carbocycles. The van der Waals surface area contributed by atoms with Crippen molar-refractivity contribution in [3.8, 4) is 0 Å². The highest BCUT2D eigenvalue weighted by Crippen LogP contribution is 2.29. The zero-order chi connectivity index (χ0) is 12.9. The van der Waals surface area contributed by atoms with E-state index >= 15 is 0 Å². The monoisotopic (exact) mass is 261 g/mol. The number of hydrogen-bond donors (Lipinski definition) is 3. The van der Waals surface area contributed by atoms with Crippen LogP contribution in [0.2, 0.25) is 0 Å². The fraction of sp³-hybridized carbons (Fsp3) is 0.714. The summed E-state index contributed by atoms with van der Waals surface area (Å²) in [6.07, 6.45) is 8.30. The van der Waals surface area contributed by atoms with E-state index in [1.807, 2.05) is 6.07 Å². The van der Waals surface area contributed by atoms with Crippen LogP contribution in [0.3, 0.4) is 0 Å². The van der Waals surface area contributed by atoms with E-state index < -0.39 is 0 Å². The Morgan fingerprint density at radius 3 is 2.84 bits per heavy atom. The zero-order valence-corrected chi connectivity index (χ0v) is 11.4. The van der Waals surface area contributed by atoms with Gasteiger partial charge in [0.1, 0.15) is 18.0 Å². The smallest absolute Gasteiger partial charge is 0.131 e. The van der Waals surface area contributed by atoms with Crippen molar-refractivity contribution in [2.24, 2.45) is 5.92 Å². The second kappa shape index (κ2) is 6.19. The van der Waals surface area contributed by atoms with E-state index in [1.54, 1.807) is 6.33 Å². The van der Waals surface area contributed by atoms with E-state index in [1.165, 1.54) is 25.7 Å². The van der Waals surface area contributed by atoms with Gasteiger partial charge < -0.3 is 16.0 Å². The standard InChI is InChI=1S/C14H23N5/c1-2-11(3-1)4-7-16-13-8-14(18-10-17-13)19-12-5-6-15-9-12/h8,10-12,15H,1-7,9H2,(H2,16,17,18,19). The molecular formula is C14H23N5. The van der Waals surface area contributed by atoms with Crippen molar-refractivity contribution in [2.75, 3.05) is 30.3 Å². The Bertz CT molecular complexity index is 399. The first-order valence-electron chi connectivity index (χ1n) is 7.43. The average Bonchev–Trinajstić information content (AvgIpc) is 2.86. The number of nitrogens with one attached hydrogen (secondary N) is 3. The highest BCUT2D eigenvalue weighted by molar-refractivity contribution is 5.47. The van der Waals surface area contributed by atoms with Crippen LogP contribution in [0.1, 0.15) is 32.1 Å². The van der Waals surface area contributed by atoms with Gasteiger partial charge >= 0.3 is 0 Å². The Morgan fingerprint density at radius 2 is 2.11 bits per heavy atom. The molecule has 3 rings (SSSR count). The average molecular weight is 261 g/mol. The van der Waals surface area contributed by atoms with Crippen LogP contribution in [0, 0.1) is 5.92 Å². The lowest BCUT2D eigenvalue weighted by atomic mass is 9.83. The van der Waals surface area contributed by atoms with Gasteiger partial charge in [-0.05, 0) is 25.3 Å². The molecule has 5 nitrogen and oxygen atoms in total. The van der Waals surface area contributed by atoms with Crippen molar-refractivity contribution < 1.29 is 0 Å². The van der Waals surface area contributed by atoms with Gasteiger partial charge in [-0.25, -0.2) is 9.97 Å². The van der Waals surface area contributed by atoms with Crippen LogP contribution < -0.4 is 16.0 Å². The minimum atomic E-state index is 0.498. The topological polar surface area (TPSA) is 61.9 Å². The number of rotatable bonds is 6. The van der Waals surface area contributed by atoms with Crippen molar-refractivity contribution in [3.63, 3.8) is 0 Å². The molecule has 1 saturated carbocycles. The zero-order valence-electron chi connectivity index (χ0n) is 11.4. The molecule has 2 heterocycles. The molecule has 1 unspecified atom stereocenters. The molecule has 0 aromatic carbocycles. The van der Waals surface area contributed by atoms with E-state index in [-0.39, 0.29) is 0 Å². The third-order valence-corrected chi connectivity index (χ3v) is 4.16. The van der Waals surface area contributed by atoms with Gasteiger partial charge in [0.05, 0.1) is 0 Å². The van der Waals surface area contributed by atoms with Gasteiger partial charge in [0.15, 0.2) is 0 Å². The molecule has 0 bridgehead atoms. The first kappa shape index (κ1) is 12.7. The number of aromatic nitrogens is 2. The Kier molecular flexibility index (Phi) is 4.13. The van der Waals surface area contributed by atoms with E-state index in [2.05, 4.69) is 25.9 Å². The van der Waals surface area contributed by atoms with Crippen LogP contribution >= 0.6 is 0 Å². The molecule has 1 saturated heterocycles. The van der Waals surface area contributed by atoms with Crippen molar-refractivity contribution in [3.05, 3.63) is 12.4 Å². The summed E-state index contributed by atoms with van der Waals surface area (Å²) < 4.78 is 0. The molecule has 0 amide bonds. The minimum absolute atomic E-state index is 0.498. The van der Waals surface area contributed by atoms with Gasteiger partial charge in [-0.15, -0.1) is 0 Å². The summed E-state index contributed by atoms with van der Waals surface area (Å²) >= 11 is 0. The van der Waals surface area contributed by atoms with Crippen LogP contribution in [0.4, 0.5) is 11.6 Å². The normalized spacial score (nSPS) is 23.1.